The molecule has 7 heteroatoms. The molecule has 0 aliphatic carbocycles. The highest BCUT2D eigenvalue weighted by Crippen LogP contribution is 2.29. The first-order valence-electron chi connectivity index (χ1n) is 10.3. The Labute approximate surface area is 180 Å². The normalized spacial score (nSPS) is 16.8. The number of likely N-dealkylation sites (tertiary alicyclic amines) is 1. The summed E-state index contributed by atoms with van der Waals surface area (Å²) < 4.78 is 1.78. The number of thioether (sulfide) groups is 2. The molecule has 2 aliphatic rings. The summed E-state index contributed by atoms with van der Waals surface area (Å²) in [5, 5.41) is 0.686. The molecule has 5 nitrogen and oxygen atoms in total. The van der Waals surface area contributed by atoms with Gasteiger partial charge in [-0.25, -0.2) is 4.98 Å². The molecule has 0 unspecified atom stereocenters. The van der Waals surface area contributed by atoms with E-state index in [0.717, 1.165) is 55.1 Å². The van der Waals surface area contributed by atoms with Crippen molar-refractivity contribution < 1.29 is 4.79 Å². The van der Waals surface area contributed by atoms with Gasteiger partial charge in [-0.3, -0.25) is 14.2 Å². The molecule has 2 aliphatic heterocycles. The van der Waals surface area contributed by atoms with Crippen LogP contribution in [0.1, 0.15) is 31.0 Å². The van der Waals surface area contributed by atoms with Gasteiger partial charge in [-0.2, -0.15) is 0 Å². The van der Waals surface area contributed by atoms with Crippen molar-refractivity contribution in [2.75, 3.05) is 24.6 Å². The summed E-state index contributed by atoms with van der Waals surface area (Å²) in [6, 6.07) is 10.2. The standard InChI is InChI=1S/C22H27N3O2S2/c1-16-7-11-24(12-8-16)19(26)15-29-22-23-18-10-14-28-20(18)21(27)25(22)13-9-17-5-3-2-4-6-17/h2-6,16H,7-15H2,1H3. The number of aromatic nitrogens is 2. The number of piperidine rings is 1. The fourth-order valence-electron chi connectivity index (χ4n) is 3.79. The topological polar surface area (TPSA) is 55.2 Å². The molecule has 154 valence electrons. The van der Waals surface area contributed by atoms with Crippen LogP contribution in [0.15, 0.2) is 45.2 Å². The van der Waals surface area contributed by atoms with Crippen molar-refractivity contribution in [2.45, 2.75) is 49.2 Å². The first-order chi connectivity index (χ1) is 14.1. The maximum absolute atomic E-state index is 13.1. The van der Waals surface area contributed by atoms with Crippen LogP contribution in [-0.2, 0) is 24.2 Å². The lowest BCUT2D eigenvalue weighted by Gasteiger charge is -2.30. The Hall–Kier alpha value is -1.73. The van der Waals surface area contributed by atoms with Crippen molar-refractivity contribution in [1.29, 1.82) is 0 Å². The lowest BCUT2D eigenvalue weighted by atomic mass is 9.99. The number of benzene rings is 1. The van der Waals surface area contributed by atoms with Crippen LogP contribution in [0.5, 0.6) is 0 Å². The number of amides is 1. The second-order valence-electron chi connectivity index (χ2n) is 7.81. The Morgan fingerprint density at radius 2 is 2.00 bits per heavy atom. The van der Waals surface area contributed by atoms with Gasteiger partial charge in [-0.1, -0.05) is 49.0 Å². The highest BCUT2D eigenvalue weighted by Gasteiger charge is 2.24. The number of rotatable bonds is 6. The Morgan fingerprint density at radius 3 is 2.76 bits per heavy atom. The average Bonchev–Trinajstić information content (AvgIpc) is 3.21. The largest absolute Gasteiger partial charge is 0.342 e. The van der Waals surface area contributed by atoms with E-state index in [4.69, 9.17) is 4.98 Å². The van der Waals surface area contributed by atoms with Crippen LogP contribution in [0, 0.1) is 5.92 Å². The van der Waals surface area contributed by atoms with Crippen LogP contribution in [0.3, 0.4) is 0 Å². The third kappa shape index (κ3) is 4.89. The van der Waals surface area contributed by atoms with E-state index >= 15 is 0 Å². The summed E-state index contributed by atoms with van der Waals surface area (Å²) in [5.41, 5.74) is 2.15. The molecule has 1 saturated heterocycles. The fourth-order valence-corrected chi connectivity index (χ4v) is 5.78. The zero-order chi connectivity index (χ0) is 20.2. The van der Waals surface area contributed by atoms with E-state index in [-0.39, 0.29) is 11.5 Å². The highest BCUT2D eigenvalue weighted by atomic mass is 32.2. The van der Waals surface area contributed by atoms with Gasteiger partial charge in [0, 0.05) is 31.8 Å². The quantitative estimate of drug-likeness (QED) is 0.520. The van der Waals surface area contributed by atoms with Crippen LogP contribution in [0.25, 0.3) is 0 Å². The summed E-state index contributed by atoms with van der Waals surface area (Å²) >= 11 is 3.02. The molecule has 0 bridgehead atoms. The van der Waals surface area contributed by atoms with Crippen LogP contribution in [0.4, 0.5) is 0 Å². The lowest BCUT2D eigenvalue weighted by Crippen LogP contribution is -2.39. The smallest absolute Gasteiger partial charge is 0.268 e. The predicted molar refractivity (Wildman–Crippen MR) is 119 cm³/mol. The van der Waals surface area contributed by atoms with Crippen LogP contribution >= 0.6 is 23.5 Å². The van der Waals surface area contributed by atoms with E-state index < -0.39 is 0 Å². The molecule has 1 amide bonds. The van der Waals surface area contributed by atoms with Gasteiger partial charge in [0.15, 0.2) is 5.16 Å². The van der Waals surface area contributed by atoms with Crippen LogP contribution in [-0.4, -0.2) is 45.0 Å². The molecule has 0 saturated carbocycles. The molecule has 4 rings (SSSR count). The minimum atomic E-state index is 0.0511. The zero-order valence-corrected chi connectivity index (χ0v) is 18.4. The van der Waals surface area contributed by atoms with E-state index in [1.807, 2.05) is 23.1 Å². The van der Waals surface area contributed by atoms with Crippen molar-refractivity contribution in [3.63, 3.8) is 0 Å². The molecule has 3 heterocycles. The van der Waals surface area contributed by atoms with Gasteiger partial charge in [0.2, 0.25) is 5.91 Å². The number of aryl methyl sites for hydroxylation is 2. The first kappa shape index (κ1) is 20.5. The minimum absolute atomic E-state index is 0.0511. The maximum atomic E-state index is 13.1. The lowest BCUT2D eigenvalue weighted by molar-refractivity contribution is -0.129. The number of hydrogen-bond acceptors (Lipinski definition) is 5. The summed E-state index contributed by atoms with van der Waals surface area (Å²) in [6.45, 7) is 4.52. The van der Waals surface area contributed by atoms with Crippen LogP contribution in [0.2, 0.25) is 0 Å². The summed E-state index contributed by atoms with van der Waals surface area (Å²) in [5.74, 6) is 2.11. The molecule has 1 aromatic carbocycles. The first-order valence-corrected chi connectivity index (χ1v) is 12.3. The third-order valence-electron chi connectivity index (χ3n) is 5.68. The van der Waals surface area contributed by atoms with Crippen molar-refractivity contribution >= 4 is 29.4 Å². The molecule has 0 atom stereocenters. The molecular weight excluding hydrogens is 402 g/mol. The van der Waals surface area contributed by atoms with Gasteiger partial charge in [0.25, 0.3) is 5.56 Å². The summed E-state index contributed by atoms with van der Waals surface area (Å²) in [6.07, 6.45) is 3.76. The Kier molecular flexibility index (Phi) is 6.65. The second-order valence-corrected chi connectivity index (χ2v) is 9.86. The van der Waals surface area contributed by atoms with Gasteiger partial charge in [-0.05, 0) is 30.7 Å². The van der Waals surface area contributed by atoms with Gasteiger partial charge >= 0.3 is 0 Å². The minimum Gasteiger partial charge on any atom is -0.342 e. The van der Waals surface area contributed by atoms with Gasteiger partial charge in [-0.15, -0.1) is 11.8 Å². The third-order valence-corrected chi connectivity index (χ3v) is 7.74. The number of nitrogens with zero attached hydrogens (tertiary/aromatic N) is 3. The fraction of sp³-hybridized carbons (Fsp3) is 0.500. The van der Waals surface area contributed by atoms with Crippen molar-refractivity contribution in [2.24, 2.45) is 5.92 Å². The van der Waals surface area contributed by atoms with Crippen molar-refractivity contribution in [1.82, 2.24) is 14.5 Å². The Balaban J connectivity index is 1.50. The molecule has 0 radical (unpaired) electrons. The predicted octanol–water partition coefficient (Wildman–Crippen LogP) is 3.48. The molecule has 1 aromatic heterocycles. The second kappa shape index (κ2) is 9.39. The van der Waals surface area contributed by atoms with E-state index in [9.17, 15) is 9.59 Å². The number of hydrogen-bond donors (Lipinski definition) is 0. The van der Waals surface area contributed by atoms with Crippen LogP contribution < -0.4 is 5.56 Å². The number of carbonyl (C=O) groups is 1. The van der Waals surface area contributed by atoms with Gasteiger partial charge in [0.05, 0.1) is 16.3 Å². The maximum Gasteiger partial charge on any atom is 0.268 e. The molecular formula is C22H27N3O2S2. The highest BCUT2D eigenvalue weighted by molar-refractivity contribution is 8.00. The molecule has 2 aromatic rings. The molecule has 29 heavy (non-hydrogen) atoms. The average molecular weight is 430 g/mol. The Morgan fingerprint density at radius 1 is 1.24 bits per heavy atom. The summed E-state index contributed by atoms with van der Waals surface area (Å²) in [7, 11) is 0. The Bertz CT molecular complexity index is 922. The monoisotopic (exact) mass is 429 g/mol. The van der Waals surface area contributed by atoms with Gasteiger partial charge < -0.3 is 4.90 Å². The molecule has 0 spiro atoms. The van der Waals surface area contributed by atoms with E-state index in [0.29, 0.717) is 23.4 Å². The molecule has 0 N–H and O–H groups in total. The molecule has 1 fully saturated rings. The van der Waals surface area contributed by atoms with E-state index in [1.165, 1.54) is 17.3 Å². The zero-order valence-electron chi connectivity index (χ0n) is 16.8. The van der Waals surface area contributed by atoms with Crippen molar-refractivity contribution in [3.05, 3.63) is 51.9 Å². The number of carbonyl (C=O) groups excluding carboxylic acids is 1. The summed E-state index contributed by atoms with van der Waals surface area (Å²) in [4.78, 5) is 33.3. The van der Waals surface area contributed by atoms with Crippen molar-refractivity contribution in [3.8, 4) is 0 Å². The van der Waals surface area contributed by atoms with E-state index in [2.05, 4.69) is 19.1 Å². The van der Waals surface area contributed by atoms with E-state index in [1.54, 1.807) is 16.3 Å². The number of fused-ring (bicyclic) bond motifs is 1. The van der Waals surface area contributed by atoms with Gasteiger partial charge in [0.1, 0.15) is 0 Å². The SMILES string of the molecule is CC1CCN(C(=O)CSc2nc3c(c(=O)n2CCc2ccccc2)SCC3)CC1.